The van der Waals surface area contributed by atoms with Crippen LogP contribution in [0, 0.1) is 0 Å². The van der Waals surface area contributed by atoms with Gasteiger partial charge in [-0.05, 0) is 48.9 Å². The molecule has 1 aliphatic rings. The summed E-state index contributed by atoms with van der Waals surface area (Å²) in [7, 11) is 0. The summed E-state index contributed by atoms with van der Waals surface area (Å²) in [5.41, 5.74) is 4.46. The quantitative estimate of drug-likeness (QED) is 0.389. The van der Waals surface area contributed by atoms with Crippen LogP contribution in [0.2, 0.25) is 0 Å². The standard InChI is InChI=1S/C24H22N4O2S/c1-15(22(29)27-26-13-17-9-6-8-16-7-2-3-10-18(16)17)28-14-25-23-21(24(28)30)19-11-4-5-12-20(19)31-23/h2-3,6-10,13-15H,4-5,11-12H2,1H3,(H,27,29)/b26-13-/t15-/m1/s1. The molecular formula is C24H22N4O2S. The molecule has 1 aliphatic carbocycles. The molecule has 4 aromatic rings. The fraction of sp³-hybridized carbons (Fsp3) is 0.250. The average molecular weight is 431 g/mol. The Kier molecular flexibility index (Phi) is 5.11. The smallest absolute Gasteiger partial charge is 0.263 e. The van der Waals surface area contributed by atoms with Gasteiger partial charge >= 0.3 is 0 Å². The van der Waals surface area contributed by atoms with Crippen molar-refractivity contribution in [1.29, 1.82) is 0 Å². The molecule has 0 unspecified atom stereocenters. The summed E-state index contributed by atoms with van der Waals surface area (Å²) < 4.78 is 1.41. The number of nitrogens with zero attached hydrogens (tertiary/aromatic N) is 3. The lowest BCUT2D eigenvalue weighted by molar-refractivity contribution is -0.123. The maximum atomic E-state index is 13.2. The third kappa shape index (κ3) is 3.55. The second-order valence-corrected chi connectivity index (χ2v) is 8.91. The Hall–Kier alpha value is -3.32. The SMILES string of the molecule is C[C@H](C(=O)N/N=C\c1cccc2ccccc12)n1cnc2sc3c(c2c1=O)CCCC3. The highest BCUT2D eigenvalue weighted by atomic mass is 32.1. The lowest BCUT2D eigenvalue weighted by Gasteiger charge is -2.14. The highest BCUT2D eigenvalue weighted by Crippen LogP contribution is 2.33. The summed E-state index contributed by atoms with van der Waals surface area (Å²) in [6.07, 6.45) is 7.27. The van der Waals surface area contributed by atoms with Gasteiger partial charge in [0, 0.05) is 10.4 Å². The summed E-state index contributed by atoms with van der Waals surface area (Å²) in [6.45, 7) is 1.69. The number of aromatic nitrogens is 2. The number of aryl methyl sites for hydroxylation is 2. The van der Waals surface area contributed by atoms with Crippen molar-refractivity contribution >= 4 is 44.4 Å². The summed E-state index contributed by atoms with van der Waals surface area (Å²) in [4.78, 5) is 32.4. The molecule has 0 saturated carbocycles. The first-order valence-corrected chi connectivity index (χ1v) is 11.3. The van der Waals surface area contributed by atoms with Gasteiger partial charge in [0.15, 0.2) is 0 Å². The van der Waals surface area contributed by atoms with Crippen LogP contribution in [0.3, 0.4) is 0 Å². The molecule has 31 heavy (non-hydrogen) atoms. The molecule has 0 bridgehead atoms. The molecule has 2 heterocycles. The Morgan fingerprint density at radius 1 is 1.19 bits per heavy atom. The number of hydrogen-bond acceptors (Lipinski definition) is 5. The van der Waals surface area contributed by atoms with Crippen LogP contribution in [-0.4, -0.2) is 21.7 Å². The lowest BCUT2D eigenvalue weighted by atomic mass is 9.97. The van der Waals surface area contributed by atoms with Crippen LogP contribution in [0.15, 0.2) is 58.7 Å². The van der Waals surface area contributed by atoms with Crippen LogP contribution in [-0.2, 0) is 17.6 Å². The normalized spacial score (nSPS) is 14.7. The minimum atomic E-state index is -0.715. The van der Waals surface area contributed by atoms with Crippen molar-refractivity contribution in [2.75, 3.05) is 0 Å². The first kappa shape index (κ1) is 19.6. The molecule has 0 spiro atoms. The topological polar surface area (TPSA) is 76.3 Å². The number of nitrogens with one attached hydrogen (secondary N) is 1. The number of hydrazone groups is 1. The van der Waals surface area contributed by atoms with Crippen LogP contribution < -0.4 is 11.0 Å². The van der Waals surface area contributed by atoms with Gasteiger partial charge in [0.1, 0.15) is 10.9 Å². The van der Waals surface area contributed by atoms with Crippen LogP contribution in [0.25, 0.3) is 21.0 Å². The third-order valence-corrected chi connectivity index (χ3v) is 7.10. The minimum absolute atomic E-state index is 0.148. The zero-order chi connectivity index (χ0) is 21.4. The maximum absolute atomic E-state index is 13.2. The molecule has 6 nitrogen and oxygen atoms in total. The van der Waals surface area contributed by atoms with Gasteiger partial charge in [-0.25, -0.2) is 10.4 Å². The summed E-state index contributed by atoms with van der Waals surface area (Å²) >= 11 is 1.61. The first-order valence-electron chi connectivity index (χ1n) is 10.5. The van der Waals surface area contributed by atoms with Gasteiger partial charge in [0.25, 0.3) is 11.5 Å². The number of thiophene rings is 1. The molecule has 1 amide bonds. The zero-order valence-electron chi connectivity index (χ0n) is 17.2. The van der Waals surface area contributed by atoms with Gasteiger partial charge in [0.05, 0.1) is 17.9 Å². The van der Waals surface area contributed by atoms with Crippen molar-refractivity contribution in [3.05, 3.63) is 75.1 Å². The first-order chi connectivity index (χ1) is 15.1. The number of benzene rings is 2. The van der Waals surface area contributed by atoms with Gasteiger partial charge in [-0.1, -0.05) is 42.5 Å². The summed E-state index contributed by atoms with van der Waals surface area (Å²) in [6, 6.07) is 13.2. The largest absolute Gasteiger partial charge is 0.286 e. The molecule has 7 heteroatoms. The number of fused-ring (bicyclic) bond motifs is 4. The van der Waals surface area contributed by atoms with Crippen molar-refractivity contribution in [3.63, 3.8) is 0 Å². The van der Waals surface area contributed by atoms with Crippen LogP contribution in [0.5, 0.6) is 0 Å². The molecule has 0 fully saturated rings. The van der Waals surface area contributed by atoms with E-state index in [9.17, 15) is 9.59 Å². The van der Waals surface area contributed by atoms with Crippen molar-refractivity contribution in [2.24, 2.45) is 5.10 Å². The van der Waals surface area contributed by atoms with E-state index in [2.05, 4.69) is 15.5 Å². The van der Waals surface area contributed by atoms with E-state index in [0.717, 1.165) is 52.4 Å². The average Bonchev–Trinajstić information content (AvgIpc) is 3.18. The number of rotatable bonds is 4. The van der Waals surface area contributed by atoms with Crippen molar-refractivity contribution in [3.8, 4) is 0 Å². The Labute approximate surface area is 183 Å². The summed E-state index contributed by atoms with van der Waals surface area (Å²) in [5, 5.41) is 6.98. The fourth-order valence-electron chi connectivity index (χ4n) is 4.18. The van der Waals surface area contributed by atoms with E-state index in [4.69, 9.17) is 0 Å². The zero-order valence-corrected chi connectivity index (χ0v) is 18.0. The highest BCUT2D eigenvalue weighted by molar-refractivity contribution is 7.18. The Morgan fingerprint density at radius 2 is 2.00 bits per heavy atom. The number of carbonyl (C=O) groups excluding carboxylic acids is 1. The molecule has 0 aliphatic heterocycles. The van der Waals surface area contributed by atoms with Gasteiger partial charge in [0.2, 0.25) is 0 Å². The van der Waals surface area contributed by atoms with Crippen LogP contribution >= 0.6 is 11.3 Å². The van der Waals surface area contributed by atoms with E-state index in [-0.39, 0.29) is 11.5 Å². The van der Waals surface area contributed by atoms with Crippen LogP contribution in [0.1, 0.15) is 41.8 Å². The van der Waals surface area contributed by atoms with E-state index in [1.807, 2.05) is 42.5 Å². The molecule has 0 radical (unpaired) electrons. The maximum Gasteiger partial charge on any atom is 0.263 e. The number of carbonyl (C=O) groups is 1. The summed E-state index contributed by atoms with van der Waals surface area (Å²) in [5.74, 6) is -0.358. The van der Waals surface area contributed by atoms with E-state index in [0.29, 0.717) is 5.39 Å². The predicted molar refractivity (Wildman–Crippen MR) is 125 cm³/mol. The van der Waals surface area contributed by atoms with Crippen molar-refractivity contribution in [2.45, 2.75) is 38.6 Å². The molecule has 5 rings (SSSR count). The molecule has 2 aromatic heterocycles. The molecule has 156 valence electrons. The predicted octanol–water partition coefficient (Wildman–Crippen LogP) is 4.20. The third-order valence-electron chi connectivity index (χ3n) is 5.90. The van der Waals surface area contributed by atoms with Crippen molar-refractivity contribution in [1.82, 2.24) is 15.0 Å². The number of hydrogen-bond donors (Lipinski definition) is 1. The molecule has 1 atom stereocenters. The molecule has 0 saturated heterocycles. The Bertz CT molecular complexity index is 1380. The number of amides is 1. The van der Waals surface area contributed by atoms with E-state index in [1.54, 1.807) is 24.5 Å². The second kappa shape index (κ2) is 8.07. The monoisotopic (exact) mass is 430 g/mol. The fourth-order valence-corrected chi connectivity index (χ4v) is 5.40. The van der Waals surface area contributed by atoms with Crippen LogP contribution in [0.4, 0.5) is 0 Å². The highest BCUT2D eigenvalue weighted by Gasteiger charge is 2.23. The van der Waals surface area contributed by atoms with Gasteiger partial charge in [-0.15, -0.1) is 11.3 Å². The Morgan fingerprint density at radius 3 is 2.90 bits per heavy atom. The second-order valence-electron chi connectivity index (χ2n) is 7.83. The van der Waals surface area contributed by atoms with E-state index in [1.165, 1.54) is 15.8 Å². The Balaban J connectivity index is 1.39. The van der Waals surface area contributed by atoms with E-state index < -0.39 is 6.04 Å². The molecular weight excluding hydrogens is 408 g/mol. The van der Waals surface area contributed by atoms with Gasteiger partial charge in [-0.2, -0.15) is 5.10 Å². The lowest BCUT2D eigenvalue weighted by Crippen LogP contribution is -2.34. The molecule has 1 N–H and O–H groups in total. The van der Waals surface area contributed by atoms with Gasteiger partial charge in [-0.3, -0.25) is 14.2 Å². The van der Waals surface area contributed by atoms with Gasteiger partial charge < -0.3 is 0 Å². The van der Waals surface area contributed by atoms with E-state index >= 15 is 0 Å². The van der Waals surface area contributed by atoms with Crippen molar-refractivity contribution < 1.29 is 4.79 Å². The minimum Gasteiger partial charge on any atom is -0.286 e. The molecule has 2 aromatic carbocycles.